The number of hydrogen-bond donors (Lipinski definition) is 1. The SMILES string of the molecule is CCCN(C1CCC(N)CC1)C(C)c1ccncc1. The van der Waals surface area contributed by atoms with Gasteiger partial charge < -0.3 is 5.73 Å². The van der Waals surface area contributed by atoms with Gasteiger partial charge in [-0.15, -0.1) is 0 Å². The van der Waals surface area contributed by atoms with Crippen molar-refractivity contribution in [3.63, 3.8) is 0 Å². The molecule has 0 spiro atoms. The van der Waals surface area contributed by atoms with Crippen LogP contribution in [-0.2, 0) is 0 Å². The van der Waals surface area contributed by atoms with E-state index < -0.39 is 0 Å². The van der Waals surface area contributed by atoms with Crippen LogP contribution in [0.1, 0.15) is 57.6 Å². The Kier molecular flexibility index (Phi) is 5.34. The molecule has 3 heteroatoms. The summed E-state index contributed by atoms with van der Waals surface area (Å²) in [5, 5.41) is 0. The molecule has 0 bridgehead atoms. The molecular weight excluding hydrogens is 234 g/mol. The molecular formula is C16H27N3. The van der Waals surface area contributed by atoms with Gasteiger partial charge in [-0.25, -0.2) is 0 Å². The second-order valence-electron chi connectivity index (χ2n) is 5.76. The summed E-state index contributed by atoms with van der Waals surface area (Å²) < 4.78 is 0. The average Bonchev–Trinajstić information content (AvgIpc) is 2.46. The summed E-state index contributed by atoms with van der Waals surface area (Å²) >= 11 is 0. The van der Waals surface area contributed by atoms with Gasteiger partial charge in [0.05, 0.1) is 0 Å². The molecule has 1 fully saturated rings. The fraction of sp³-hybridized carbons (Fsp3) is 0.688. The van der Waals surface area contributed by atoms with Crippen molar-refractivity contribution in [2.24, 2.45) is 5.73 Å². The maximum atomic E-state index is 6.03. The molecule has 1 saturated carbocycles. The minimum Gasteiger partial charge on any atom is -0.328 e. The van der Waals surface area contributed by atoms with Gasteiger partial charge in [0.25, 0.3) is 0 Å². The molecule has 1 aliphatic carbocycles. The van der Waals surface area contributed by atoms with E-state index in [1.807, 2.05) is 12.4 Å². The molecule has 106 valence electrons. The average molecular weight is 261 g/mol. The minimum atomic E-state index is 0.427. The highest BCUT2D eigenvalue weighted by molar-refractivity contribution is 5.14. The van der Waals surface area contributed by atoms with Crippen LogP contribution < -0.4 is 5.73 Å². The van der Waals surface area contributed by atoms with E-state index >= 15 is 0 Å². The molecule has 1 aliphatic rings. The third-order valence-corrected chi connectivity index (χ3v) is 4.38. The van der Waals surface area contributed by atoms with Crippen molar-refractivity contribution in [2.45, 2.75) is 64.1 Å². The van der Waals surface area contributed by atoms with Crippen molar-refractivity contribution in [3.05, 3.63) is 30.1 Å². The van der Waals surface area contributed by atoms with Crippen LogP contribution in [-0.4, -0.2) is 28.5 Å². The highest BCUT2D eigenvalue weighted by Gasteiger charge is 2.27. The molecule has 2 rings (SSSR count). The van der Waals surface area contributed by atoms with Crippen LogP contribution in [0.2, 0.25) is 0 Å². The first-order chi connectivity index (χ1) is 9.22. The summed E-state index contributed by atoms with van der Waals surface area (Å²) in [5.41, 5.74) is 7.40. The first-order valence-corrected chi connectivity index (χ1v) is 7.63. The Hall–Kier alpha value is -0.930. The summed E-state index contributed by atoms with van der Waals surface area (Å²) in [4.78, 5) is 6.79. The number of hydrogen-bond acceptors (Lipinski definition) is 3. The Bertz CT molecular complexity index is 358. The molecule has 1 aromatic heterocycles. The summed E-state index contributed by atoms with van der Waals surface area (Å²) in [7, 11) is 0. The van der Waals surface area contributed by atoms with Crippen LogP contribution in [0.4, 0.5) is 0 Å². The Morgan fingerprint density at radius 1 is 1.26 bits per heavy atom. The topological polar surface area (TPSA) is 42.1 Å². The summed E-state index contributed by atoms with van der Waals surface area (Å²) in [6, 6.07) is 5.88. The Morgan fingerprint density at radius 2 is 1.89 bits per heavy atom. The van der Waals surface area contributed by atoms with Gasteiger partial charge in [-0.1, -0.05) is 6.92 Å². The number of rotatable bonds is 5. The summed E-state index contributed by atoms with van der Waals surface area (Å²) in [6.45, 7) is 5.75. The predicted molar refractivity (Wildman–Crippen MR) is 79.9 cm³/mol. The van der Waals surface area contributed by atoms with Gasteiger partial charge in [0.1, 0.15) is 0 Å². The summed E-state index contributed by atoms with van der Waals surface area (Å²) in [5.74, 6) is 0. The van der Waals surface area contributed by atoms with Crippen LogP contribution in [0.5, 0.6) is 0 Å². The third-order valence-electron chi connectivity index (χ3n) is 4.38. The van der Waals surface area contributed by atoms with Crippen molar-refractivity contribution in [1.82, 2.24) is 9.88 Å². The van der Waals surface area contributed by atoms with Crippen molar-refractivity contribution in [3.8, 4) is 0 Å². The van der Waals surface area contributed by atoms with Crippen LogP contribution in [0, 0.1) is 0 Å². The lowest BCUT2D eigenvalue weighted by Gasteiger charge is -2.40. The largest absolute Gasteiger partial charge is 0.328 e. The Labute approximate surface area is 117 Å². The lowest BCUT2D eigenvalue weighted by atomic mass is 9.89. The fourth-order valence-corrected chi connectivity index (χ4v) is 3.22. The van der Waals surface area contributed by atoms with Crippen LogP contribution >= 0.6 is 0 Å². The maximum absolute atomic E-state index is 6.03. The van der Waals surface area contributed by atoms with E-state index in [-0.39, 0.29) is 0 Å². The van der Waals surface area contributed by atoms with Gasteiger partial charge in [-0.05, 0) is 63.3 Å². The van der Waals surface area contributed by atoms with Gasteiger partial charge in [0.2, 0.25) is 0 Å². The standard InChI is InChI=1S/C16H27N3/c1-3-12-19(16-6-4-15(17)5-7-16)13(2)14-8-10-18-11-9-14/h8-11,13,15-16H,3-7,12,17H2,1-2H3. The number of pyridine rings is 1. The van der Waals surface area contributed by atoms with E-state index in [1.165, 1.54) is 44.2 Å². The van der Waals surface area contributed by atoms with Gasteiger partial charge in [-0.2, -0.15) is 0 Å². The van der Waals surface area contributed by atoms with E-state index in [9.17, 15) is 0 Å². The third kappa shape index (κ3) is 3.77. The minimum absolute atomic E-state index is 0.427. The normalized spacial score (nSPS) is 25.5. The summed E-state index contributed by atoms with van der Waals surface area (Å²) in [6.07, 6.45) is 9.84. The van der Waals surface area contributed by atoms with Crippen molar-refractivity contribution < 1.29 is 0 Å². The first kappa shape index (κ1) is 14.5. The van der Waals surface area contributed by atoms with Crippen molar-refractivity contribution >= 4 is 0 Å². The Balaban J connectivity index is 2.06. The van der Waals surface area contributed by atoms with E-state index in [0.29, 0.717) is 18.1 Å². The monoisotopic (exact) mass is 261 g/mol. The molecule has 1 heterocycles. The molecule has 0 radical (unpaired) electrons. The number of aromatic nitrogens is 1. The van der Waals surface area contributed by atoms with E-state index in [2.05, 4.69) is 35.9 Å². The highest BCUT2D eigenvalue weighted by Crippen LogP contribution is 2.29. The number of nitrogens with two attached hydrogens (primary N) is 1. The molecule has 0 aromatic carbocycles. The molecule has 1 aromatic rings. The van der Waals surface area contributed by atoms with Crippen molar-refractivity contribution in [2.75, 3.05) is 6.54 Å². The van der Waals surface area contributed by atoms with E-state index in [4.69, 9.17) is 5.73 Å². The second-order valence-corrected chi connectivity index (χ2v) is 5.76. The molecule has 19 heavy (non-hydrogen) atoms. The van der Waals surface area contributed by atoms with Gasteiger partial charge in [0.15, 0.2) is 0 Å². The fourth-order valence-electron chi connectivity index (χ4n) is 3.22. The molecule has 0 amide bonds. The molecule has 0 aliphatic heterocycles. The smallest absolute Gasteiger partial charge is 0.0323 e. The quantitative estimate of drug-likeness (QED) is 0.885. The molecule has 1 atom stereocenters. The molecule has 0 saturated heterocycles. The Morgan fingerprint density at radius 3 is 2.47 bits per heavy atom. The van der Waals surface area contributed by atoms with Gasteiger partial charge >= 0.3 is 0 Å². The van der Waals surface area contributed by atoms with Crippen molar-refractivity contribution in [1.29, 1.82) is 0 Å². The highest BCUT2D eigenvalue weighted by atomic mass is 15.2. The van der Waals surface area contributed by atoms with Crippen LogP contribution in [0.15, 0.2) is 24.5 Å². The molecule has 2 N–H and O–H groups in total. The maximum Gasteiger partial charge on any atom is 0.0323 e. The first-order valence-electron chi connectivity index (χ1n) is 7.63. The van der Waals surface area contributed by atoms with Gasteiger partial charge in [-0.3, -0.25) is 9.88 Å². The zero-order chi connectivity index (χ0) is 13.7. The van der Waals surface area contributed by atoms with Crippen LogP contribution in [0.25, 0.3) is 0 Å². The van der Waals surface area contributed by atoms with E-state index in [0.717, 1.165) is 0 Å². The van der Waals surface area contributed by atoms with Crippen LogP contribution in [0.3, 0.4) is 0 Å². The van der Waals surface area contributed by atoms with E-state index in [1.54, 1.807) is 0 Å². The lowest BCUT2D eigenvalue weighted by molar-refractivity contribution is 0.107. The molecule has 3 nitrogen and oxygen atoms in total. The predicted octanol–water partition coefficient (Wildman–Crippen LogP) is 3.12. The number of nitrogens with zero attached hydrogens (tertiary/aromatic N) is 2. The molecule has 1 unspecified atom stereocenters. The lowest BCUT2D eigenvalue weighted by Crippen LogP contribution is -2.42. The second kappa shape index (κ2) is 7.01. The zero-order valence-corrected chi connectivity index (χ0v) is 12.3. The zero-order valence-electron chi connectivity index (χ0n) is 12.3. The van der Waals surface area contributed by atoms with Gasteiger partial charge in [0, 0.05) is 30.5 Å².